The van der Waals surface area contributed by atoms with E-state index in [0.29, 0.717) is 6.61 Å². The third kappa shape index (κ3) is 4.84. The van der Waals surface area contributed by atoms with Gasteiger partial charge in [-0.2, -0.15) is 0 Å². The Labute approximate surface area is 84.6 Å². The molecule has 0 amide bonds. The summed E-state index contributed by atoms with van der Waals surface area (Å²) in [5, 5.41) is 0. The standard InChI is InChI=1S/C10H18O4/c1-4-5-6-13-10(12)9(8(2)3)14-7-11/h7-9H,4-6H2,1-3H3. The Kier molecular flexibility index (Phi) is 6.80. The zero-order valence-corrected chi connectivity index (χ0v) is 8.99. The summed E-state index contributed by atoms with van der Waals surface area (Å²) in [6.07, 6.45) is 1.02. The van der Waals surface area contributed by atoms with Gasteiger partial charge in [-0.1, -0.05) is 27.2 Å². The van der Waals surface area contributed by atoms with Gasteiger partial charge in [-0.05, 0) is 6.42 Å². The Morgan fingerprint density at radius 3 is 2.50 bits per heavy atom. The fourth-order valence-corrected chi connectivity index (χ4v) is 0.944. The van der Waals surface area contributed by atoms with E-state index in [9.17, 15) is 9.59 Å². The first kappa shape index (κ1) is 12.9. The summed E-state index contributed by atoms with van der Waals surface area (Å²) in [7, 11) is 0. The van der Waals surface area contributed by atoms with E-state index in [2.05, 4.69) is 4.74 Å². The molecule has 0 saturated carbocycles. The molecule has 0 rings (SSSR count). The molecule has 82 valence electrons. The zero-order valence-electron chi connectivity index (χ0n) is 8.99. The lowest BCUT2D eigenvalue weighted by atomic mass is 10.1. The summed E-state index contributed by atoms with van der Waals surface area (Å²) >= 11 is 0. The van der Waals surface area contributed by atoms with E-state index in [1.807, 2.05) is 6.92 Å². The highest BCUT2D eigenvalue weighted by Crippen LogP contribution is 2.07. The van der Waals surface area contributed by atoms with Gasteiger partial charge in [0.1, 0.15) is 0 Å². The van der Waals surface area contributed by atoms with Crippen LogP contribution < -0.4 is 0 Å². The Hall–Kier alpha value is -1.06. The van der Waals surface area contributed by atoms with Crippen molar-refractivity contribution in [3.05, 3.63) is 0 Å². The van der Waals surface area contributed by atoms with Gasteiger partial charge in [-0.15, -0.1) is 0 Å². The predicted molar refractivity (Wildman–Crippen MR) is 51.6 cm³/mol. The Balaban J connectivity index is 3.95. The SMILES string of the molecule is CCCCOC(=O)C(OC=O)C(C)C. The van der Waals surface area contributed by atoms with Crippen LogP contribution in [0.2, 0.25) is 0 Å². The summed E-state index contributed by atoms with van der Waals surface area (Å²) < 4.78 is 9.58. The largest absolute Gasteiger partial charge is 0.463 e. The molecule has 1 atom stereocenters. The molecule has 0 aromatic heterocycles. The smallest absolute Gasteiger partial charge is 0.347 e. The topological polar surface area (TPSA) is 52.6 Å². The Bertz CT molecular complexity index is 177. The van der Waals surface area contributed by atoms with E-state index < -0.39 is 12.1 Å². The minimum absolute atomic E-state index is 0.0608. The van der Waals surface area contributed by atoms with Crippen LogP contribution in [0.3, 0.4) is 0 Å². The number of carbonyl (C=O) groups excluding carboxylic acids is 2. The van der Waals surface area contributed by atoms with Gasteiger partial charge in [0.05, 0.1) is 6.61 Å². The highest BCUT2D eigenvalue weighted by molar-refractivity contribution is 5.76. The molecule has 0 aliphatic heterocycles. The van der Waals surface area contributed by atoms with E-state index in [0.717, 1.165) is 12.8 Å². The molecule has 0 saturated heterocycles. The molecule has 0 aromatic rings. The molecular formula is C10H18O4. The predicted octanol–water partition coefficient (Wildman–Crippen LogP) is 1.53. The van der Waals surface area contributed by atoms with Crippen molar-refractivity contribution in [3.63, 3.8) is 0 Å². The third-order valence-electron chi connectivity index (χ3n) is 1.78. The molecule has 0 fully saturated rings. The second-order valence-electron chi connectivity index (χ2n) is 3.42. The van der Waals surface area contributed by atoms with Gasteiger partial charge in [0, 0.05) is 5.92 Å². The highest BCUT2D eigenvalue weighted by atomic mass is 16.6. The molecule has 0 aliphatic carbocycles. The number of carbonyl (C=O) groups is 2. The maximum absolute atomic E-state index is 11.3. The minimum Gasteiger partial charge on any atom is -0.463 e. The van der Waals surface area contributed by atoms with Crippen molar-refractivity contribution in [2.24, 2.45) is 5.92 Å². The number of rotatable bonds is 7. The molecule has 4 heteroatoms. The van der Waals surface area contributed by atoms with Gasteiger partial charge in [0.15, 0.2) is 0 Å². The fourth-order valence-electron chi connectivity index (χ4n) is 0.944. The van der Waals surface area contributed by atoms with E-state index in [1.54, 1.807) is 13.8 Å². The molecule has 0 spiro atoms. The quantitative estimate of drug-likeness (QED) is 0.357. The molecule has 14 heavy (non-hydrogen) atoms. The molecule has 0 aliphatic rings. The first-order valence-corrected chi connectivity index (χ1v) is 4.89. The number of esters is 1. The molecule has 0 N–H and O–H groups in total. The minimum atomic E-state index is -0.774. The van der Waals surface area contributed by atoms with Crippen molar-refractivity contribution >= 4 is 12.4 Å². The summed E-state index contributed by atoms with van der Waals surface area (Å²) in [4.78, 5) is 21.5. The molecule has 0 heterocycles. The van der Waals surface area contributed by atoms with Crippen LogP contribution in [0, 0.1) is 5.92 Å². The van der Waals surface area contributed by atoms with Crippen molar-refractivity contribution in [1.82, 2.24) is 0 Å². The summed E-state index contributed by atoms with van der Waals surface area (Å²) in [5.74, 6) is -0.519. The maximum Gasteiger partial charge on any atom is 0.347 e. The van der Waals surface area contributed by atoms with Gasteiger partial charge in [-0.25, -0.2) is 4.79 Å². The lowest BCUT2D eigenvalue weighted by molar-refractivity contribution is -0.164. The third-order valence-corrected chi connectivity index (χ3v) is 1.78. The lowest BCUT2D eigenvalue weighted by Crippen LogP contribution is -2.31. The van der Waals surface area contributed by atoms with Gasteiger partial charge in [0.25, 0.3) is 6.47 Å². The summed E-state index contributed by atoms with van der Waals surface area (Å²) in [6.45, 7) is 6.28. The number of unbranched alkanes of at least 4 members (excludes halogenated alkanes) is 1. The fraction of sp³-hybridized carbons (Fsp3) is 0.800. The second kappa shape index (κ2) is 7.35. The van der Waals surface area contributed by atoms with E-state index in [4.69, 9.17) is 4.74 Å². The van der Waals surface area contributed by atoms with Crippen LogP contribution >= 0.6 is 0 Å². The number of hydrogen-bond acceptors (Lipinski definition) is 4. The first-order valence-electron chi connectivity index (χ1n) is 4.89. The van der Waals surface area contributed by atoms with E-state index in [-0.39, 0.29) is 12.4 Å². The van der Waals surface area contributed by atoms with Crippen molar-refractivity contribution in [1.29, 1.82) is 0 Å². The molecule has 0 bridgehead atoms. The average Bonchev–Trinajstić information content (AvgIpc) is 2.13. The van der Waals surface area contributed by atoms with Gasteiger partial charge >= 0.3 is 5.97 Å². The Morgan fingerprint density at radius 1 is 1.43 bits per heavy atom. The highest BCUT2D eigenvalue weighted by Gasteiger charge is 2.24. The molecular weight excluding hydrogens is 184 g/mol. The van der Waals surface area contributed by atoms with Crippen LogP contribution in [0.25, 0.3) is 0 Å². The second-order valence-corrected chi connectivity index (χ2v) is 3.42. The molecule has 4 nitrogen and oxygen atoms in total. The average molecular weight is 202 g/mol. The van der Waals surface area contributed by atoms with Gasteiger partial charge in [0.2, 0.25) is 6.10 Å². The first-order chi connectivity index (χ1) is 6.63. The van der Waals surface area contributed by atoms with E-state index in [1.165, 1.54) is 0 Å². The number of ether oxygens (including phenoxy) is 2. The van der Waals surface area contributed by atoms with Crippen LogP contribution in [0.4, 0.5) is 0 Å². The van der Waals surface area contributed by atoms with Gasteiger partial charge < -0.3 is 9.47 Å². The molecule has 0 radical (unpaired) electrons. The van der Waals surface area contributed by atoms with Crippen LogP contribution in [0.15, 0.2) is 0 Å². The Morgan fingerprint density at radius 2 is 2.07 bits per heavy atom. The van der Waals surface area contributed by atoms with E-state index >= 15 is 0 Å². The van der Waals surface area contributed by atoms with Crippen molar-refractivity contribution in [3.8, 4) is 0 Å². The van der Waals surface area contributed by atoms with Crippen molar-refractivity contribution in [2.45, 2.75) is 39.7 Å². The maximum atomic E-state index is 11.3. The molecule has 0 aromatic carbocycles. The molecule has 1 unspecified atom stereocenters. The van der Waals surface area contributed by atoms with Gasteiger partial charge in [-0.3, -0.25) is 4.79 Å². The van der Waals surface area contributed by atoms with Crippen LogP contribution in [-0.2, 0) is 19.1 Å². The summed E-state index contributed by atoms with van der Waals surface area (Å²) in [5.41, 5.74) is 0. The van der Waals surface area contributed by atoms with Crippen LogP contribution in [0.5, 0.6) is 0 Å². The summed E-state index contributed by atoms with van der Waals surface area (Å²) in [6, 6.07) is 0. The van der Waals surface area contributed by atoms with Crippen molar-refractivity contribution in [2.75, 3.05) is 6.61 Å². The van der Waals surface area contributed by atoms with Crippen molar-refractivity contribution < 1.29 is 19.1 Å². The number of hydrogen-bond donors (Lipinski definition) is 0. The normalized spacial score (nSPS) is 12.3. The zero-order chi connectivity index (χ0) is 11.0. The van der Waals surface area contributed by atoms with Crippen LogP contribution in [0.1, 0.15) is 33.6 Å². The monoisotopic (exact) mass is 202 g/mol. The lowest BCUT2D eigenvalue weighted by Gasteiger charge is -2.17. The van der Waals surface area contributed by atoms with Crippen LogP contribution in [-0.4, -0.2) is 25.2 Å².